The van der Waals surface area contributed by atoms with Crippen molar-refractivity contribution >= 4 is 11.7 Å². The maximum atomic E-state index is 12.6. The standard InChI is InChI=1S/C26H36N4O3/c1-32-25-7-3-2-6-23(25)24(30-13-4-5-14-30)20-27-26(31)28-22-10-8-21(9-11-22)12-15-29-16-18-33-19-17-29/h2-3,6-11,24H,4-5,12-20H2,1H3,(H2,27,28,31). The molecule has 7 heteroatoms. The zero-order chi connectivity index (χ0) is 22.9. The molecular weight excluding hydrogens is 416 g/mol. The maximum Gasteiger partial charge on any atom is 0.319 e. The monoisotopic (exact) mass is 452 g/mol. The summed E-state index contributed by atoms with van der Waals surface area (Å²) >= 11 is 0. The number of likely N-dealkylation sites (tertiary alicyclic amines) is 1. The minimum atomic E-state index is -0.185. The molecule has 2 aromatic carbocycles. The highest BCUT2D eigenvalue weighted by atomic mass is 16.5. The molecule has 1 atom stereocenters. The number of rotatable bonds is 9. The molecule has 0 saturated carbocycles. The Kier molecular flexibility index (Phi) is 8.58. The van der Waals surface area contributed by atoms with Crippen LogP contribution >= 0.6 is 0 Å². The first-order valence-electron chi connectivity index (χ1n) is 12.0. The average Bonchev–Trinajstić information content (AvgIpc) is 3.39. The third kappa shape index (κ3) is 6.69. The van der Waals surface area contributed by atoms with E-state index in [-0.39, 0.29) is 12.1 Å². The fraction of sp³-hybridized carbons (Fsp3) is 0.500. The smallest absolute Gasteiger partial charge is 0.319 e. The SMILES string of the molecule is COc1ccccc1C(CNC(=O)Nc1ccc(CCN2CCOCC2)cc1)N1CCCC1. The van der Waals surface area contributed by atoms with Gasteiger partial charge in [-0.2, -0.15) is 0 Å². The van der Waals surface area contributed by atoms with Crippen LogP contribution in [-0.4, -0.2) is 75.4 Å². The van der Waals surface area contributed by atoms with Crippen LogP contribution in [0.5, 0.6) is 5.75 Å². The minimum Gasteiger partial charge on any atom is -0.496 e. The summed E-state index contributed by atoms with van der Waals surface area (Å²) in [5, 5.41) is 6.05. The van der Waals surface area contributed by atoms with Crippen LogP contribution in [0.15, 0.2) is 48.5 Å². The molecule has 178 valence electrons. The van der Waals surface area contributed by atoms with Crippen LogP contribution in [0, 0.1) is 0 Å². The van der Waals surface area contributed by atoms with Crippen LogP contribution < -0.4 is 15.4 Å². The van der Waals surface area contributed by atoms with E-state index in [1.54, 1.807) is 7.11 Å². The molecule has 2 aliphatic rings. The fourth-order valence-corrected chi connectivity index (χ4v) is 4.66. The summed E-state index contributed by atoms with van der Waals surface area (Å²) in [6.07, 6.45) is 3.38. The van der Waals surface area contributed by atoms with Gasteiger partial charge in [-0.15, -0.1) is 0 Å². The van der Waals surface area contributed by atoms with Crippen LogP contribution in [0.3, 0.4) is 0 Å². The summed E-state index contributed by atoms with van der Waals surface area (Å²) in [5.74, 6) is 0.865. The molecule has 7 nitrogen and oxygen atoms in total. The largest absolute Gasteiger partial charge is 0.496 e. The number of nitrogens with zero attached hydrogens (tertiary/aromatic N) is 2. The Morgan fingerprint density at radius 3 is 2.48 bits per heavy atom. The van der Waals surface area contributed by atoms with Gasteiger partial charge in [0.2, 0.25) is 0 Å². The quantitative estimate of drug-likeness (QED) is 0.609. The number of amides is 2. The average molecular weight is 453 g/mol. The van der Waals surface area contributed by atoms with Gasteiger partial charge in [0.15, 0.2) is 0 Å². The molecule has 2 N–H and O–H groups in total. The molecule has 2 amide bonds. The molecule has 2 heterocycles. The van der Waals surface area contributed by atoms with Crippen molar-refractivity contribution in [1.29, 1.82) is 0 Å². The lowest BCUT2D eigenvalue weighted by Gasteiger charge is -2.29. The Balaban J connectivity index is 1.29. The summed E-state index contributed by atoms with van der Waals surface area (Å²) in [6, 6.07) is 16.1. The lowest BCUT2D eigenvalue weighted by molar-refractivity contribution is 0.0384. The molecule has 0 aromatic heterocycles. The van der Waals surface area contributed by atoms with Crippen molar-refractivity contribution < 1.29 is 14.3 Å². The van der Waals surface area contributed by atoms with Crippen LogP contribution in [0.2, 0.25) is 0 Å². The Labute approximate surface area is 197 Å². The number of hydrogen-bond acceptors (Lipinski definition) is 5. The van der Waals surface area contributed by atoms with E-state index in [2.05, 4.69) is 38.6 Å². The van der Waals surface area contributed by atoms with Gasteiger partial charge in [-0.3, -0.25) is 9.80 Å². The first-order valence-corrected chi connectivity index (χ1v) is 12.0. The van der Waals surface area contributed by atoms with Crippen molar-refractivity contribution in [2.24, 2.45) is 0 Å². The summed E-state index contributed by atoms with van der Waals surface area (Å²) in [7, 11) is 1.70. The van der Waals surface area contributed by atoms with Gasteiger partial charge in [-0.25, -0.2) is 4.79 Å². The zero-order valence-electron chi connectivity index (χ0n) is 19.6. The second kappa shape index (κ2) is 12.0. The number of methoxy groups -OCH3 is 1. The second-order valence-corrected chi connectivity index (χ2v) is 8.74. The predicted molar refractivity (Wildman–Crippen MR) is 131 cm³/mol. The minimum absolute atomic E-state index is 0.0944. The van der Waals surface area contributed by atoms with E-state index in [4.69, 9.17) is 9.47 Å². The zero-order valence-corrected chi connectivity index (χ0v) is 19.6. The molecule has 0 spiro atoms. The van der Waals surface area contributed by atoms with Crippen molar-refractivity contribution in [3.8, 4) is 5.75 Å². The molecule has 0 bridgehead atoms. The summed E-state index contributed by atoms with van der Waals surface area (Å²) < 4.78 is 11.0. The molecule has 4 rings (SSSR count). The van der Waals surface area contributed by atoms with E-state index in [0.29, 0.717) is 6.54 Å². The third-order valence-electron chi connectivity index (χ3n) is 6.57. The highest BCUT2D eigenvalue weighted by Crippen LogP contribution is 2.31. The van der Waals surface area contributed by atoms with Crippen LogP contribution in [0.4, 0.5) is 10.5 Å². The van der Waals surface area contributed by atoms with Gasteiger partial charge in [-0.05, 0) is 56.1 Å². The van der Waals surface area contributed by atoms with Crippen LogP contribution in [0.25, 0.3) is 0 Å². The molecule has 0 aliphatic carbocycles. The van der Waals surface area contributed by atoms with Crippen molar-refractivity contribution in [2.75, 3.05) is 64.9 Å². The van der Waals surface area contributed by atoms with Gasteiger partial charge in [-0.1, -0.05) is 30.3 Å². The lowest BCUT2D eigenvalue weighted by atomic mass is 10.0. The third-order valence-corrected chi connectivity index (χ3v) is 6.57. The Morgan fingerprint density at radius 1 is 1.03 bits per heavy atom. The predicted octanol–water partition coefficient (Wildman–Crippen LogP) is 3.53. The van der Waals surface area contributed by atoms with E-state index in [9.17, 15) is 4.79 Å². The number of anilines is 1. The first kappa shape index (κ1) is 23.5. The van der Waals surface area contributed by atoms with E-state index in [0.717, 1.165) is 69.4 Å². The lowest BCUT2D eigenvalue weighted by Crippen LogP contribution is -2.38. The Morgan fingerprint density at radius 2 is 1.76 bits per heavy atom. The topological polar surface area (TPSA) is 66.1 Å². The fourth-order valence-electron chi connectivity index (χ4n) is 4.66. The van der Waals surface area contributed by atoms with Crippen molar-refractivity contribution in [3.05, 3.63) is 59.7 Å². The second-order valence-electron chi connectivity index (χ2n) is 8.74. The number of urea groups is 1. The van der Waals surface area contributed by atoms with Gasteiger partial charge >= 0.3 is 6.03 Å². The van der Waals surface area contributed by atoms with Gasteiger partial charge in [0.1, 0.15) is 5.75 Å². The van der Waals surface area contributed by atoms with Crippen LogP contribution in [-0.2, 0) is 11.2 Å². The number of nitrogens with one attached hydrogen (secondary N) is 2. The summed E-state index contributed by atoms with van der Waals surface area (Å²) in [4.78, 5) is 17.5. The van der Waals surface area contributed by atoms with Crippen molar-refractivity contribution in [3.63, 3.8) is 0 Å². The number of para-hydroxylation sites is 1. The Hall–Kier alpha value is -2.61. The van der Waals surface area contributed by atoms with Gasteiger partial charge in [0.25, 0.3) is 0 Å². The van der Waals surface area contributed by atoms with E-state index in [1.165, 1.54) is 18.4 Å². The highest BCUT2D eigenvalue weighted by molar-refractivity contribution is 5.89. The number of hydrogen-bond donors (Lipinski definition) is 2. The molecule has 2 saturated heterocycles. The molecule has 1 unspecified atom stereocenters. The van der Waals surface area contributed by atoms with Gasteiger partial charge in [0.05, 0.1) is 26.4 Å². The van der Waals surface area contributed by atoms with Crippen molar-refractivity contribution in [1.82, 2.24) is 15.1 Å². The molecular formula is C26H36N4O3. The normalized spacial score (nSPS) is 18.1. The molecule has 2 fully saturated rings. The highest BCUT2D eigenvalue weighted by Gasteiger charge is 2.26. The maximum absolute atomic E-state index is 12.6. The summed E-state index contributed by atoms with van der Waals surface area (Å²) in [6.45, 7) is 7.32. The van der Waals surface area contributed by atoms with E-state index in [1.807, 2.05) is 30.3 Å². The molecule has 2 aromatic rings. The van der Waals surface area contributed by atoms with Gasteiger partial charge < -0.3 is 20.1 Å². The summed E-state index contributed by atoms with van der Waals surface area (Å²) in [5.41, 5.74) is 3.20. The first-order chi connectivity index (χ1) is 16.2. The van der Waals surface area contributed by atoms with E-state index < -0.39 is 0 Å². The number of benzene rings is 2. The number of carbonyl (C=O) groups excluding carboxylic acids is 1. The Bertz CT molecular complexity index is 877. The molecule has 2 aliphatic heterocycles. The van der Waals surface area contributed by atoms with E-state index >= 15 is 0 Å². The molecule has 33 heavy (non-hydrogen) atoms. The van der Waals surface area contributed by atoms with Crippen molar-refractivity contribution in [2.45, 2.75) is 25.3 Å². The van der Waals surface area contributed by atoms with Crippen LogP contribution in [0.1, 0.15) is 30.0 Å². The number of ether oxygens (including phenoxy) is 2. The number of carbonyl (C=O) groups is 1. The number of morpholine rings is 1. The molecule has 0 radical (unpaired) electrons. The van der Waals surface area contributed by atoms with Gasteiger partial charge in [0, 0.05) is 37.4 Å².